The summed E-state index contributed by atoms with van der Waals surface area (Å²) in [6, 6.07) is 3.92. The molecule has 0 fully saturated rings. The minimum absolute atomic E-state index is 0.812. The molecule has 2 aromatic heterocycles. The number of nitrogens with zero attached hydrogens (tertiary/aromatic N) is 2. The highest BCUT2D eigenvalue weighted by Crippen LogP contribution is 2.24. The van der Waals surface area contributed by atoms with Crippen molar-refractivity contribution in [1.82, 2.24) is 15.2 Å². The molecule has 4 heteroatoms. The van der Waals surface area contributed by atoms with Gasteiger partial charge < -0.3 is 0 Å². The number of aryl methyl sites for hydroxylation is 1. The molecule has 1 N–H and O–H groups in total. The van der Waals surface area contributed by atoms with Gasteiger partial charge in [0.2, 0.25) is 0 Å². The summed E-state index contributed by atoms with van der Waals surface area (Å²) < 4.78 is 0. The second-order valence-corrected chi connectivity index (χ2v) is 3.61. The molecule has 72 valence electrons. The van der Waals surface area contributed by atoms with Gasteiger partial charge in [0.15, 0.2) is 0 Å². The average Bonchev–Trinajstić information content (AvgIpc) is 2.61. The lowest BCUT2D eigenvalue weighted by Crippen LogP contribution is -1.84. The second kappa shape index (κ2) is 3.92. The molecule has 0 radical (unpaired) electrons. The molecule has 2 aromatic rings. The average molecular weight is 252 g/mol. The van der Waals surface area contributed by atoms with Crippen LogP contribution in [0.15, 0.2) is 24.5 Å². The fourth-order valence-electron chi connectivity index (χ4n) is 1.36. The maximum absolute atomic E-state index is 4.27. The Kier molecular flexibility index (Phi) is 2.63. The summed E-state index contributed by atoms with van der Waals surface area (Å²) in [6.45, 7) is 2.02. The van der Waals surface area contributed by atoms with Gasteiger partial charge in [-0.15, -0.1) is 0 Å². The maximum atomic E-state index is 4.27. The van der Waals surface area contributed by atoms with Gasteiger partial charge in [-0.1, -0.05) is 15.9 Å². The molecule has 0 aromatic carbocycles. The Morgan fingerprint density at radius 1 is 1.36 bits per heavy atom. The van der Waals surface area contributed by atoms with Gasteiger partial charge in [-0.2, -0.15) is 5.10 Å². The van der Waals surface area contributed by atoms with Crippen molar-refractivity contribution >= 4 is 15.9 Å². The van der Waals surface area contributed by atoms with Crippen LogP contribution in [-0.4, -0.2) is 15.2 Å². The summed E-state index contributed by atoms with van der Waals surface area (Å²) in [6.07, 6.45) is 3.55. The molecular weight excluding hydrogens is 242 g/mol. The van der Waals surface area contributed by atoms with E-state index >= 15 is 0 Å². The van der Waals surface area contributed by atoms with Crippen molar-refractivity contribution in [2.45, 2.75) is 12.3 Å². The summed E-state index contributed by atoms with van der Waals surface area (Å²) in [5.74, 6) is 0. The van der Waals surface area contributed by atoms with E-state index in [0.29, 0.717) is 0 Å². The zero-order valence-corrected chi connectivity index (χ0v) is 9.37. The van der Waals surface area contributed by atoms with E-state index in [0.717, 1.165) is 22.3 Å². The first-order valence-corrected chi connectivity index (χ1v) is 5.45. The van der Waals surface area contributed by atoms with Crippen LogP contribution in [0, 0.1) is 6.92 Å². The van der Waals surface area contributed by atoms with Gasteiger partial charge in [0.05, 0.1) is 5.69 Å². The monoisotopic (exact) mass is 251 g/mol. The van der Waals surface area contributed by atoms with Crippen LogP contribution in [0.3, 0.4) is 0 Å². The highest BCUT2D eigenvalue weighted by atomic mass is 79.9. The lowest BCUT2D eigenvalue weighted by molar-refractivity contribution is 1.05. The van der Waals surface area contributed by atoms with E-state index in [1.165, 1.54) is 5.56 Å². The van der Waals surface area contributed by atoms with E-state index in [4.69, 9.17) is 0 Å². The van der Waals surface area contributed by atoms with Crippen LogP contribution >= 0.6 is 15.9 Å². The van der Waals surface area contributed by atoms with E-state index in [1.54, 1.807) is 12.4 Å². The van der Waals surface area contributed by atoms with Gasteiger partial charge in [0.1, 0.15) is 0 Å². The van der Waals surface area contributed by atoms with Crippen LogP contribution in [0.25, 0.3) is 11.3 Å². The molecule has 0 saturated heterocycles. The number of pyridine rings is 1. The Hall–Kier alpha value is -1.16. The first-order valence-electron chi connectivity index (χ1n) is 4.33. The summed E-state index contributed by atoms with van der Waals surface area (Å²) in [5.41, 5.74) is 4.41. The number of H-pyrrole nitrogens is 1. The maximum Gasteiger partial charge on any atom is 0.0965 e. The zero-order chi connectivity index (χ0) is 9.97. The Morgan fingerprint density at radius 3 is 2.71 bits per heavy atom. The molecule has 0 atom stereocenters. The standard InChI is InChI=1S/C10H10BrN3/c1-7-9(6-11)10(14-13-7)8-2-4-12-5-3-8/h2-5H,6H2,1H3,(H,13,14). The third-order valence-corrected chi connectivity index (χ3v) is 2.72. The number of alkyl halides is 1. The van der Waals surface area contributed by atoms with Crippen LogP contribution in [0.4, 0.5) is 0 Å². The number of hydrogen-bond acceptors (Lipinski definition) is 2. The summed E-state index contributed by atoms with van der Waals surface area (Å²) in [7, 11) is 0. The Labute approximate surface area is 90.7 Å². The fraction of sp³-hybridized carbons (Fsp3) is 0.200. The van der Waals surface area contributed by atoms with Gasteiger partial charge in [0.25, 0.3) is 0 Å². The molecule has 2 rings (SSSR count). The molecule has 0 aliphatic carbocycles. The topological polar surface area (TPSA) is 41.6 Å². The number of hydrogen-bond donors (Lipinski definition) is 1. The van der Waals surface area contributed by atoms with Crippen LogP contribution in [-0.2, 0) is 5.33 Å². The second-order valence-electron chi connectivity index (χ2n) is 3.05. The quantitative estimate of drug-likeness (QED) is 0.835. The van der Waals surface area contributed by atoms with Gasteiger partial charge in [-0.25, -0.2) is 0 Å². The lowest BCUT2D eigenvalue weighted by Gasteiger charge is -1.98. The molecule has 0 amide bonds. The predicted octanol–water partition coefficient (Wildman–Crippen LogP) is 2.68. The largest absolute Gasteiger partial charge is 0.282 e. The smallest absolute Gasteiger partial charge is 0.0965 e. The fourth-order valence-corrected chi connectivity index (χ4v) is 2.05. The van der Waals surface area contributed by atoms with E-state index in [2.05, 4.69) is 31.1 Å². The van der Waals surface area contributed by atoms with Gasteiger partial charge >= 0.3 is 0 Å². The van der Waals surface area contributed by atoms with Crippen molar-refractivity contribution in [2.75, 3.05) is 0 Å². The third kappa shape index (κ3) is 1.57. The summed E-state index contributed by atoms with van der Waals surface area (Å²) >= 11 is 3.46. The SMILES string of the molecule is Cc1[nH]nc(-c2ccncc2)c1CBr. The van der Waals surface area contributed by atoms with Crippen LogP contribution in [0.1, 0.15) is 11.3 Å². The number of aromatic amines is 1. The summed E-state index contributed by atoms with van der Waals surface area (Å²) in [5, 5.41) is 8.07. The highest BCUT2D eigenvalue weighted by molar-refractivity contribution is 9.08. The van der Waals surface area contributed by atoms with Gasteiger partial charge in [-0.05, 0) is 19.1 Å². The molecule has 0 unspecified atom stereocenters. The number of halogens is 1. The number of nitrogens with one attached hydrogen (secondary N) is 1. The van der Waals surface area contributed by atoms with Crippen molar-refractivity contribution < 1.29 is 0 Å². The van der Waals surface area contributed by atoms with E-state index in [1.807, 2.05) is 19.1 Å². The minimum atomic E-state index is 0.812. The van der Waals surface area contributed by atoms with E-state index < -0.39 is 0 Å². The molecule has 0 aliphatic rings. The van der Waals surface area contributed by atoms with Gasteiger partial charge in [-0.3, -0.25) is 10.1 Å². The minimum Gasteiger partial charge on any atom is -0.282 e. The van der Waals surface area contributed by atoms with Crippen LogP contribution in [0.5, 0.6) is 0 Å². The molecule has 2 heterocycles. The van der Waals surface area contributed by atoms with Crippen molar-refractivity contribution in [3.05, 3.63) is 35.8 Å². The van der Waals surface area contributed by atoms with Crippen molar-refractivity contribution in [2.24, 2.45) is 0 Å². The summed E-state index contributed by atoms with van der Waals surface area (Å²) in [4.78, 5) is 3.98. The Balaban J connectivity index is 2.52. The first-order chi connectivity index (χ1) is 6.83. The number of aromatic nitrogens is 3. The molecular formula is C10H10BrN3. The third-order valence-electron chi connectivity index (χ3n) is 2.16. The molecule has 0 bridgehead atoms. The molecule has 0 aliphatic heterocycles. The molecule has 3 nitrogen and oxygen atoms in total. The Morgan fingerprint density at radius 2 is 2.07 bits per heavy atom. The lowest BCUT2D eigenvalue weighted by atomic mass is 10.1. The molecule has 14 heavy (non-hydrogen) atoms. The normalized spacial score (nSPS) is 10.4. The Bertz CT molecular complexity index is 422. The zero-order valence-electron chi connectivity index (χ0n) is 7.79. The van der Waals surface area contributed by atoms with E-state index in [-0.39, 0.29) is 0 Å². The van der Waals surface area contributed by atoms with Crippen molar-refractivity contribution in [1.29, 1.82) is 0 Å². The first kappa shape index (κ1) is 9.40. The molecule has 0 saturated carbocycles. The number of rotatable bonds is 2. The van der Waals surface area contributed by atoms with Crippen molar-refractivity contribution in [3.63, 3.8) is 0 Å². The van der Waals surface area contributed by atoms with Crippen molar-refractivity contribution in [3.8, 4) is 11.3 Å². The highest BCUT2D eigenvalue weighted by Gasteiger charge is 2.09. The predicted molar refractivity (Wildman–Crippen MR) is 59.2 cm³/mol. The van der Waals surface area contributed by atoms with Gasteiger partial charge in [0, 0.05) is 34.5 Å². The van der Waals surface area contributed by atoms with E-state index in [9.17, 15) is 0 Å². The molecule has 0 spiro atoms. The van der Waals surface area contributed by atoms with Crippen LogP contribution in [0.2, 0.25) is 0 Å². The van der Waals surface area contributed by atoms with Crippen LogP contribution < -0.4 is 0 Å².